The minimum absolute atomic E-state index is 0.878. The van der Waals surface area contributed by atoms with E-state index < -0.39 is 0 Å². The van der Waals surface area contributed by atoms with Crippen molar-refractivity contribution in [1.29, 1.82) is 0 Å². The van der Waals surface area contributed by atoms with Gasteiger partial charge in [-0.15, -0.1) is 0 Å². The fraction of sp³-hybridized carbons (Fsp3) is 0. The summed E-state index contributed by atoms with van der Waals surface area (Å²) in [5, 5.41) is 6.64. The van der Waals surface area contributed by atoms with Crippen molar-refractivity contribution >= 4 is 65.7 Å². The van der Waals surface area contributed by atoms with Crippen molar-refractivity contribution in [2.24, 2.45) is 0 Å². The quantitative estimate of drug-likeness (QED) is 0.237. The van der Waals surface area contributed by atoms with E-state index >= 15 is 0 Å². The fourth-order valence-electron chi connectivity index (χ4n) is 6.32. The van der Waals surface area contributed by atoms with Gasteiger partial charge in [-0.3, -0.25) is 0 Å². The molecule has 0 saturated heterocycles. The highest BCUT2D eigenvalue weighted by Crippen LogP contribution is 2.48. The van der Waals surface area contributed by atoms with E-state index in [0.29, 0.717) is 0 Å². The van der Waals surface area contributed by atoms with Gasteiger partial charge in [0.2, 0.25) is 0 Å². The molecule has 3 nitrogen and oxygen atoms in total. The maximum absolute atomic E-state index is 6.71. The lowest BCUT2D eigenvalue weighted by Gasteiger charge is -2.10. The number of benzene rings is 6. The molecule has 0 N–H and O–H groups in total. The van der Waals surface area contributed by atoms with E-state index in [9.17, 15) is 0 Å². The standard InChI is InChI=1S/C36H21NO2/c1-2-10-22(11-3-1)23-18-20-24(21-19-23)37-28-15-7-4-12-25(28)33-34(37)36-32(27-14-6-9-17-30(27)39-36)31-26-13-5-8-16-29(26)38-35(31)33/h1-21H. The van der Waals surface area contributed by atoms with Crippen molar-refractivity contribution in [3.8, 4) is 16.8 Å². The number of hydrogen-bond acceptors (Lipinski definition) is 2. The van der Waals surface area contributed by atoms with Crippen LogP contribution < -0.4 is 0 Å². The van der Waals surface area contributed by atoms with Crippen LogP contribution in [0.25, 0.3) is 82.5 Å². The Balaban J connectivity index is 1.50. The first kappa shape index (κ1) is 20.7. The lowest BCUT2D eigenvalue weighted by molar-refractivity contribution is 0.667. The van der Waals surface area contributed by atoms with Gasteiger partial charge in [-0.2, -0.15) is 0 Å². The van der Waals surface area contributed by atoms with Crippen LogP contribution in [0.3, 0.4) is 0 Å². The van der Waals surface area contributed by atoms with Crippen LogP contribution in [-0.2, 0) is 0 Å². The lowest BCUT2D eigenvalue weighted by atomic mass is 10.0. The number of fused-ring (bicyclic) bond motifs is 12. The lowest BCUT2D eigenvalue weighted by Crippen LogP contribution is -1.94. The summed E-state index contributed by atoms with van der Waals surface area (Å²) in [4.78, 5) is 0. The average molecular weight is 500 g/mol. The molecule has 0 saturated carbocycles. The van der Waals surface area contributed by atoms with Gasteiger partial charge < -0.3 is 13.4 Å². The predicted molar refractivity (Wildman–Crippen MR) is 161 cm³/mol. The van der Waals surface area contributed by atoms with Crippen LogP contribution in [0.1, 0.15) is 0 Å². The Morgan fingerprint density at radius 3 is 1.67 bits per heavy atom. The van der Waals surface area contributed by atoms with E-state index in [2.05, 4.69) is 114 Å². The summed E-state index contributed by atoms with van der Waals surface area (Å²) >= 11 is 0. The Morgan fingerprint density at radius 1 is 0.410 bits per heavy atom. The number of rotatable bonds is 2. The molecule has 0 spiro atoms. The second-order valence-electron chi connectivity index (χ2n) is 10.1. The van der Waals surface area contributed by atoms with Gasteiger partial charge in [-0.05, 0) is 41.5 Å². The molecule has 9 aromatic rings. The van der Waals surface area contributed by atoms with Crippen molar-refractivity contribution < 1.29 is 8.83 Å². The van der Waals surface area contributed by atoms with Gasteiger partial charge in [-0.25, -0.2) is 0 Å². The highest BCUT2D eigenvalue weighted by molar-refractivity contribution is 6.38. The third-order valence-electron chi connectivity index (χ3n) is 7.99. The first-order valence-corrected chi connectivity index (χ1v) is 13.2. The number of para-hydroxylation sites is 3. The van der Waals surface area contributed by atoms with Gasteiger partial charge in [0, 0.05) is 32.6 Å². The number of hydrogen-bond donors (Lipinski definition) is 0. The van der Waals surface area contributed by atoms with Crippen LogP contribution in [0.4, 0.5) is 0 Å². The molecule has 0 bridgehead atoms. The zero-order chi connectivity index (χ0) is 25.5. The van der Waals surface area contributed by atoms with E-state index in [-0.39, 0.29) is 0 Å². The third kappa shape index (κ3) is 2.76. The highest BCUT2D eigenvalue weighted by Gasteiger charge is 2.26. The molecular formula is C36H21NO2. The van der Waals surface area contributed by atoms with Gasteiger partial charge in [0.1, 0.15) is 22.3 Å². The van der Waals surface area contributed by atoms with Crippen LogP contribution in [-0.4, -0.2) is 4.57 Å². The molecule has 0 aliphatic heterocycles. The molecule has 6 aromatic carbocycles. The highest BCUT2D eigenvalue weighted by atomic mass is 16.3. The van der Waals surface area contributed by atoms with Crippen LogP contribution >= 0.6 is 0 Å². The molecule has 0 aliphatic carbocycles. The first-order chi connectivity index (χ1) is 19.4. The molecule has 9 rings (SSSR count). The topological polar surface area (TPSA) is 31.2 Å². The zero-order valence-corrected chi connectivity index (χ0v) is 20.9. The fourth-order valence-corrected chi connectivity index (χ4v) is 6.32. The minimum Gasteiger partial charge on any atom is -0.455 e. The average Bonchev–Trinajstić information content (AvgIpc) is 3.67. The molecule has 3 heterocycles. The van der Waals surface area contributed by atoms with Gasteiger partial charge in [0.25, 0.3) is 0 Å². The maximum Gasteiger partial charge on any atom is 0.160 e. The van der Waals surface area contributed by atoms with Crippen molar-refractivity contribution in [3.63, 3.8) is 0 Å². The van der Waals surface area contributed by atoms with Crippen molar-refractivity contribution in [1.82, 2.24) is 4.57 Å². The SMILES string of the molecule is c1ccc(-c2ccc(-n3c4ccccc4c4c5oc6ccccc6c5c5c6ccccc6oc5c43)cc2)cc1. The summed E-state index contributed by atoms with van der Waals surface area (Å²) in [6.07, 6.45) is 0. The van der Waals surface area contributed by atoms with Gasteiger partial charge in [0.15, 0.2) is 5.58 Å². The van der Waals surface area contributed by atoms with Crippen LogP contribution in [0.2, 0.25) is 0 Å². The van der Waals surface area contributed by atoms with Gasteiger partial charge in [0.05, 0.1) is 10.9 Å². The molecule has 3 aromatic heterocycles. The Bertz CT molecular complexity index is 2370. The summed E-state index contributed by atoms with van der Waals surface area (Å²) in [5.41, 5.74) is 9.17. The maximum atomic E-state index is 6.71. The Labute approximate surface area is 223 Å². The second-order valence-corrected chi connectivity index (χ2v) is 10.1. The summed E-state index contributed by atoms with van der Waals surface area (Å²) < 4.78 is 15.7. The van der Waals surface area contributed by atoms with Gasteiger partial charge >= 0.3 is 0 Å². The molecule has 0 radical (unpaired) electrons. The van der Waals surface area contributed by atoms with E-state index in [1.165, 1.54) is 11.1 Å². The number of nitrogens with zero attached hydrogens (tertiary/aromatic N) is 1. The van der Waals surface area contributed by atoms with Crippen molar-refractivity contribution in [3.05, 3.63) is 127 Å². The molecule has 182 valence electrons. The van der Waals surface area contributed by atoms with Gasteiger partial charge in [-0.1, -0.05) is 97.1 Å². The Morgan fingerprint density at radius 2 is 0.949 bits per heavy atom. The number of furan rings is 2. The van der Waals surface area contributed by atoms with Crippen LogP contribution in [0.5, 0.6) is 0 Å². The van der Waals surface area contributed by atoms with Crippen LogP contribution in [0, 0.1) is 0 Å². The normalized spacial score (nSPS) is 12.1. The Hall–Kier alpha value is -5.28. The zero-order valence-electron chi connectivity index (χ0n) is 20.9. The molecule has 0 aliphatic rings. The van der Waals surface area contributed by atoms with E-state index in [1.807, 2.05) is 18.2 Å². The number of aromatic nitrogens is 1. The van der Waals surface area contributed by atoms with E-state index in [1.54, 1.807) is 0 Å². The predicted octanol–water partition coefficient (Wildman–Crippen LogP) is 10.2. The largest absolute Gasteiger partial charge is 0.455 e. The second kappa shape index (κ2) is 7.62. The minimum atomic E-state index is 0.878. The van der Waals surface area contributed by atoms with Crippen LogP contribution in [0.15, 0.2) is 136 Å². The van der Waals surface area contributed by atoms with E-state index in [0.717, 1.165) is 71.4 Å². The van der Waals surface area contributed by atoms with Crippen molar-refractivity contribution in [2.45, 2.75) is 0 Å². The summed E-state index contributed by atoms with van der Waals surface area (Å²) in [6, 6.07) is 44.5. The molecule has 0 amide bonds. The molecular weight excluding hydrogens is 478 g/mol. The molecule has 39 heavy (non-hydrogen) atoms. The third-order valence-corrected chi connectivity index (χ3v) is 7.99. The van der Waals surface area contributed by atoms with Crippen molar-refractivity contribution in [2.75, 3.05) is 0 Å². The molecule has 0 unspecified atom stereocenters. The molecule has 0 fully saturated rings. The van der Waals surface area contributed by atoms with E-state index in [4.69, 9.17) is 8.83 Å². The summed E-state index contributed by atoms with van der Waals surface area (Å²) in [7, 11) is 0. The monoisotopic (exact) mass is 499 g/mol. The molecule has 0 atom stereocenters. The smallest absolute Gasteiger partial charge is 0.160 e. The summed E-state index contributed by atoms with van der Waals surface area (Å²) in [6.45, 7) is 0. The Kier molecular flexibility index (Phi) is 4.05. The summed E-state index contributed by atoms with van der Waals surface area (Å²) in [5.74, 6) is 0. The molecule has 3 heteroatoms. The first-order valence-electron chi connectivity index (χ1n) is 13.2.